The van der Waals surface area contributed by atoms with E-state index in [0.29, 0.717) is 22.4 Å². The fraction of sp³-hybridized carbons (Fsp3) is 0.381. The van der Waals surface area contributed by atoms with Crippen LogP contribution >= 0.6 is 0 Å². The van der Waals surface area contributed by atoms with Crippen molar-refractivity contribution in [1.29, 1.82) is 0 Å². The van der Waals surface area contributed by atoms with Gasteiger partial charge in [0.15, 0.2) is 11.4 Å². The zero-order valence-electron chi connectivity index (χ0n) is 19.7. The highest BCUT2D eigenvalue weighted by Crippen LogP contribution is 2.36. The van der Waals surface area contributed by atoms with Gasteiger partial charge in [0.05, 0.1) is 6.20 Å². The standard InChI is InChI=1S/C21H28FN7O4S/c1-12(2)15-7-14(22)8-16(13-10-23-28(5)11-13)19(15)24-21(31)26-34(32,33)18-9-17(29(6)25-18)20(30)27(3)4/h7-12,21,24,26,31H,1-6H3. The Morgan fingerprint density at radius 1 is 1.21 bits per heavy atom. The van der Waals surface area contributed by atoms with Crippen molar-refractivity contribution in [2.24, 2.45) is 14.1 Å². The van der Waals surface area contributed by atoms with E-state index in [-0.39, 0.29) is 11.6 Å². The third-order valence-electron chi connectivity index (χ3n) is 5.08. The van der Waals surface area contributed by atoms with Gasteiger partial charge < -0.3 is 15.3 Å². The molecule has 0 aliphatic carbocycles. The second-order valence-corrected chi connectivity index (χ2v) is 9.99. The number of aliphatic hydroxyl groups is 1. The Hall–Kier alpha value is -3.29. The molecule has 0 fully saturated rings. The number of rotatable bonds is 8. The lowest BCUT2D eigenvalue weighted by molar-refractivity contribution is 0.0817. The minimum atomic E-state index is -4.31. The topological polar surface area (TPSA) is 134 Å². The van der Waals surface area contributed by atoms with Crippen LogP contribution in [-0.2, 0) is 24.1 Å². The molecule has 34 heavy (non-hydrogen) atoms. The Morgan fingerprint density at radius 2 is 1.88 bits per heavy atom. The first-order chi connectivity index (χ1) is 15.8. The molecule has 2 heterocycles. The summed E-state index contributed by atoms with van der Waals surface area (Å²) in [7, 11) is 1.91. The molecule has 1 atom stereocenters. The highest BCUT2D eigenvalue weighted by Gasteiger charge is 2.26. The van der Waals surface area contributed by atoms with E-state index >= 15 is 0 Å². The lowest BCUT2D eigenvalue weighted by atomic mass is 9.95. The van der Waals surface area contributed by atoms with E-state index in [9.17, 15) is 22.7 Å². The first kappa shape index (κ1) is 25.3. The summed E-state index contributed by atoms with van der Waals surface area (Å²) in [5.74, 6) is -1.05. The fourth-order valence-electron chi connectivity index (χ4n) is 3.41. The molecule has 1 amide bonds. The predicted molar refractivity (Wildman–Crippen MR) is 124 cm³/mol. The number of nitrogens with zero attached hydrogens (tertiary/aromatic N) is 5. The van der Waals surface area contributed by atoms with Crippen molar-refractivity contribution in [2.75, 3.05) is 19.4 Å². The molecule has 13 heteroatoms. The number of amides is 1. The van der Waals surface area contributed by atoms with Crippen LogP contribution in [0.3, 0.4) is 0 Å². The molecule has 3 rings (SSSR count). The average molecular weight is 494 g/mol. The number of aliphatic hydroxyl groups excluding tert-OH is 1. The molecule has 0 aliphatic rings. The van der Waals surface area contributed by atoms with Crippen molar-refractivity contribution < 1.29 is 22.7 Å². The number of aromatic nitrogens is 4. The molecule has 0 saturated heterocycles. The van der Waals surface area contributed by atoms with Gasteiger partial charge in [-0.2, -0.15) is 14.9 Å². The van der Waals surface area contributed by atoms with Gasteiger partial charge in [0.2, 0.25) is 0 Å². The molecule has 0 spiro atoms. The van der Waals surface area contributed by atoms with Crippen LogP contribution in [0.2, 0.25) is 0 Å². The van der Waals surface area contributed by atoms with Gasteiger partial charge in [0, 0.05) is 57.3 Å². The molecule has 0 aliphatic heterocycles. The molecule has 2 aromatic heterocycles. The van der Waals surface area contributed by atoms with Crippen molar-refractivity contribution in [3.05, 3.63) is 47.7 Å². The van der Waals surface area contributed by atoms with E-state index in [2.05, 4.69) is 20.2 Å². The van der Waals surface area contributed by atoms with Crippen LogP contribution in [0.15, 0.2) is 35.6 Å². The molecule has 0 radical (unpaired) electrons. The number of hydrogen-bond donors (Lipinski definition) is 3. The maximum atomic E-state index is 14.4. The number of benzene rings is 1. The number of carbonyl (C=O) groups excluding carboxylic acids is 1. The van der Waals surface area contributed by atoms with Gasteiger partial charge >= 0.3 is 0 Å². The molecule has 184 valence electrons. The smallest absolute Gasteiger partial charge is 0.271 e. The summed E-state index contributed by atoms with van der Waals surface area (Å²) in [5.41, 5.74) is 1.94. The number of halogens is 1. The number of nitrogens with one attached hydrogen (secondary N) is 2. The van der Waals surface area contributed by atoms with Gasteiger partial charge in [0.25, 0.3) is 15.9 Å². The van der Waals surface area contributed by atoms with Gasteiger partial charge in [-0.3, -0.25) is 14.2 Å². The fourth-order valence-corrected chi connectivity index (χ4v) is 4.38. The summed E-state index contributed by atoms with van der Waals surface area (Å²) >= 11 is 0. The molecular formula is C21H28FN7O4S. The predicted octanol–water partition coefficient (Wildman–Crippen LogP) is 1.45. The van der Waals surface area contributed by atoms with Crippen LogP contribution in [0.25, 0.3) is 11.1 Å². The Kier molecular flexibility index (Phi) is 7.10. The van der Waals surface area contributed by atoms with Crippen molar-refractivity contribution in [3.8, 4) is 11.1 Å². The van der Waals surface area contributed by atoms with Crippen molar-refractivity contribution in [3.63, 3.8) is 0 Å². The molecule has 0 saturated carbocycles. The van der Waals surface area contributed by atoms with Gasteiger partial charge in [-0.25, -0.2) is 12.8 Å². The van der Waals surface area contributed by atoms with Crippen LogP contribution in [0, 0.1) is 5.82 Å². The van der Waals surface area contributed by atoms with Crippen LogP contribution in [0.4, 0.5) is 10.1 Å². The lowest BCUT2D eigenvalue weighted by Gasteiger charge is -2.22. The summed E-state index contributed by atoms with van der Waals surface area (Å²) in [6, 6.07) is 3.73. The average Bonchev–Trinajstić information content (AvgIpc) is 3.33. The summed E-state index contributed by atoms with van der Waals surface area (Å²) in [5, 5.41) is 20.9. The zero-order chi connectivity index (χ0) is 25.4. The quantitative estimate of drug-likeness (QED) is 0.404. The van der Waals surface area contributed by atoms with Crippen LogP contribution in [-0.4, -0.2) is 64.3 Å². The van der Waals surface area contributed by atoms with Crippen molar-refractivity contribution in [2.45, 2.75) is 31.1 Å². The van der Waals surface area contributed by atoms with Crippen molar-refractivity contribution >= 4 is 21.6 Å². The monoisotopic (exact) mass is 493 g/mol. The Bertz CT molecular complexity index is 1310. The first-order valence-corrected chi connectivity index (χ1v) is 11.8. The van der Waals surface area contributed by atoms with E-state index in [1.54, 1.807) is 17.9 Å². The summed E-state index contributed by atoms with van der Waals surface area (Å²) in [6.07, 6.45) is 1.44. The highest BCUT2D eigenvalue weighted by atomic mass is 32.2. The largest absolute Gasteiger partial charge is 0.360 e. The Labute approximate surface area is 197 Å². The SMILES string of the molecule is CC(C)c1cc(F)cc(-c2cnn(C)c2)c1NC(O)NS(=O)(=O)c1cc(C(=O)N(C)C)n(C)n1. The van der Waals surface area contributed by atoms with Gasteiger partial charge in [-0.05, 0) is 23.6 Å². The molecular weight excluding hydrogens is 465 g/mol. The van der Waals surface area contributed by atoms with Gasteiger partial charge in [-0.1, -0.05) is 13.8 Å². The van der Waals surface area contributed by atoms with Crippen LogP contribution in [0.1, 0.15) is 35.8 Å². The normalized spacial score (nSPS) is 12.7. The maximum Gasteiger partial charge on any atom is 0.271 e. The Balaban J connectivity index is 1.93. The van der Waals surface area contributed by atoms with E-state index in [1.807, 2.05) is 13.8 Å². The second kappa shape index (κ2) is 9.52. The van der Waals surface area contributed by atoms with E-state index < -0.39 is 33.1 Å². The van der Waals surface area contributed by atoms with Crippen LogP contribution in [0.5, 0.6) is 0 Å². The molecule has 0 bridgehead atoms. The lowest BCUT2D eigenvalue weighted by Crippen LogP contribution is -2.40. The highest BCUT2D eigenvalue weighted by molar-refractivity contribution is 7.89. The number of sulfonamides is 1. The third-order valence-corrected chi connectivity index (χ3v) is 6.36. The first-order valence-electron chi connectivity index (χ1n) is 10.3. The second-order valence-electron chi connectivity index (χ2n) is 8.33. The molecule has 3 N–H and O–H groups in total. The zero-order valence-corrected chi connectivity index (χ0v) is 20.6. The van der Waals surface area contributed by atoms with Crippen LogP contribution < -0.4 is 10.0 Å². The summed E-state index contributed by atoms with van der Waals surface area (Å²) in [6.45, 7) is 3.70. The number of carbonyl (C=O) groups is 1. The molecule has 1 aromatic carbocycles. The molecule has 1 unspecified atom stereocenters. The minimum Gasteiger partial charge on any atom is -0.360 e. The summed E-state index contributed by atoms with van der Waals surface area (Å²) < 4.78 is 44.8. The third kappa shape index (κ3) is 5.26. The maximum absolute atomic E-state index is 14.4. The van der Waals surface area contributed by atoms with Gasteiger partial charge in [0.1, 0.15) is 11.5 Å². The van der Waals surface area contributed by atoms with E-state index in [4.69, 9.17) is 0 Å². The molecule has 11 nitrogen and oxygen atoms in total. The summed E-state index contributed by atoms with van der Waals surface area (Å²) in [4.78, 5) is 13.5. The Morgan fingerprint density at radius 3 is 2.44 bits per heavy atom. The van der Waals surface area contributed by atoms with Crippen molar-refractivity contribution in [1.82, 2.24) is 29.2 Å². The minimum absolute atomic E-state index is 0.0623. The van der Waals surface area contributed by atoms with E-state index in [1.165, 1.54) is 44.4 Å². The number of anilines is 1. The number of aryl methyl sites for hydroxylation is 2. The van der Waals surface area contributed by atoms with Gasteiger partial charge in [-0.15, -0.1) is 0 Å². The van der Waals surface area contributed by atoms with E-state index in [0.717, 1.165) is 10.7 Å². The number of hydrogen-bond acceptors (Lipinski definition) is 7. The molecule has 3 aromatic rings.